The van der Waals surface area contributed by atoms with Gasteiger partial charge in [0.25, 0.3) is 0 Å². The van der Waals surface area contributed by atoms with Gasteiger partial charge in [-0.3, -0.25) is 0 Å². The van der Waals surface area contributed by atoms with E-state index in [-0.39, 0.29) is 21.9 Å². The fourth-order valence-electron chi connectivity index (χ4n) is 0.920. The summed E-state index contributed by atoms with van der Waals surface area (Å²) >= 11 is 5.51. The topological polar surface area (TPSA) is 77.8 Å². The Labute approximate surface area is 79.0 Å². The van der Waals surface area contributed by atoms with Gasteiger partial charge in [0.2, 0.25) is 0 Å². The van der Waals surface area contributed by atoms with Crippen LogP contribution in [0.1, 0.15) is 15.9 Å². The van der Waals surface area contributed by atoms with Crippen LogP contribution in [0, 0.1) is 6.92 Å². The van der Waals surface area contributed by atoms with Crippen LogP contribution in [0.5, 0.6) is 11.5 Å². The second-order valence-corrected chi connectivity index (χ2v) is 2.94. The Morgan fingerprint density at radius 1 is 1.38 bits per heavy atom. The van der Waals surface area contributed by atoms with Crippen LogP contribution in [-0.2, 0) is 0 Å². The molecule has 1 aromatic carbocycles. The molecule has 0 unspecified atom stereocenters. The Balaban J connectivity index is 3.50. The molecule has 1 rings (SSSR count). The normalized spacial score (nSPS) is 10.0. The Morgan fingerprint density at radius 2 is 1.92 bits per heavy atom. The quantitative estimate of drug-likeness (QED) is 0.649. The summed E-state index contributed by atoms with van der Waals surface area (Å²) in [6.45, 7) is 1.38. The van der Waals surface area contributed by atoms with Gasteiger partial charge >= 0.3 is 5.97 Å². The number of benzene rings is 1. The van der Waals surface area contributed by atoms with Gasteiger partial charge in [-0.1, -0.05) is 11.6 Å². The zero-order valence-corrected chi connectivity index (χ0v) is 7.46. The van der Waals surface area contributed by atoms with Gasteiger partial charge in [-0.05, 0) is 13.0 Å². The highest BCUT2D eigenvalue weighted by atomic mass is 35.5. The minimum atomic E-state index is -1.29. The van der Waals surface area contributed by atoms with Crippen LogP contribution in [0.15, 0.2) is 6.07 Å². The molecule has 70 valence electrons. The zero-order valence-electron chi connectivity index (χ0n) is 6.71. The van der Waals surface area contributed by atoms with E-state index in [0.717, 1.165) is 6.07 Å². The first-order valence-corrected chi connectivity index (χ1v) is 3.77. The molecule has 0 bridgehead atoms. The van der Waals surface area contributed by atoms with E-state index in [1.807, 2.05) is 0 Å². The number of carbonyl (C=O) groups is 1. The Bertz CT molecular complexity index is 373. The molecule has 0 heterocycles. The van der Waals surface area contributed by atoms with Crippen molar-refractivity contribution in [3.63, 3.8) is 0 Å². The SMILES string of the molecule is Cc1c(O)c(Cl)cc(C(=O)O)c1O. The minimum Gasteiger partial charge on any atom is -0.507 e. The van der Waals surface area contributed by atoms with E-state index in [2.05, 4.69) is 0 Å². The Hall–Kier alpha value is -1.42. The highest BCUT2D eigenvalue weighted by Crippen LogP contribution is 2.36. The number of rotatable bonds is 1. The predicted molar refractivity (Wildman–Crippen MR) is 46.5 cm³/mol. The summed E-state index contributed by atoms with van der Waals surface area (Å²) in [7, 11) is 0. The number of hydrogen-bond acceptors (Lipinski definition) is 3. The summed E-state index contributed by atoms with van der Waals surface area (Å²) in [4.78, 5) is 10.5. The number of carboxylic acids is 1. The van der Waals surface area contributed by atoms with Gasteiger partial charge in [0.1, 0.15) is 17.1 Å². The lowest BCUT2D eigenvalue weighted by molar-refractivity contribution is 0.0693. The molecule has 0 aliphatic rings. The minimum absolute atomic E-state index is 0.0601. The molecule has 1 aromatic rings. The lowest BCUT2D eigenvalue weighted by Crippen LogP contribution is -1.98. The van der Waals surface area contributed by atoms with Gasteiger partial charge < -0.3 is 15.3 Å². The van der Waals surface area contributed by atoms with E-state index in [4.69, 9.17) is 16.7 Å². The zero-order chi connectivity index (χ0) is 10.2. The number of phenols is 2. The standard InChI is InChI=1S/C8H7ClO4/c1-3-6(10)4(8(12)13)2-5(9)7(3)11/h2,10-11H,1H3,(H,12,13). The second kappa shape index (κ2) is 3.14. The largest absolute Gasteiger partial charge is 0.507 e. The molecule has 0 aromatic heterocycles. The molecule has 0 radical (unpaired) electrons. The van der Waals surface area contributed by atoms with Crippen molar-refractivity contribution >= 4 is 17.6 Å². The Morgan fingerprint density at radius 3 is 2.38 bits per heavy atom. The molecule has 0 saturated heterocycles. The van der Waals surface area contributed by atoms with Crippen LogP contribution in [0.2, 0.25) is 5.02 Å². The number of aromatic carboxylic acids is 1. The van der Waals surface area contributed by atoms with Crippen molar-refractivity contribution in [2.24, 2.45) is 0 Å². The summed E-state index contributed by atoms with van der Waals surface area (Å²) < 4.78 is 0. The maximum Gasteiger partial charge on any atom is 0.339 e. The van der Waals surface area contributed by atoms with Crippen LogP contribution >= 0.6 is 11.6 Å². The highest BCUT2D eigenvalue weighted by molar-refractivity contribution is 6.32. The second-order valence-electron chi connectivity index (χ2n) is 2.53. The first kappa shape index (κ1) is 9.67. The average molecular weight is 203 g/mol. The maximum absolute atomic E-state index is 10.5. The van der Waals surface area contributed by atoms with Crippen molar-refractivity contribution in [2.75, 3.05) is 0 Å². The molecule has 5 heteroatoms. The van der Waals surface area contributed by atoms with Gasteiger partial charge in [0.05, 0.1) is 5.02 Å². The van der Waals surface area contributed by atoms with Crippen molar-refractivity contribution in [3.05, 3.63) is 22.2 Å². The summed E-state index contributed by atoms with van der Waals surface area (Å²) in [6.07, 6.45) is 0. The third-order valence-electron chi connectivity index (χ3n) is 1.69. The molecule has 0 atom stereocenters. The first-order valence-electron chi connectivity index (χ1n) is 3.39. The smallest absolute Gasteiger partial charge is 0.339 e. The van der Waals surface area contributed by atoms with Gasteiger partial charge in [-0.15, -0.1) is 0 Å². The van der Waals surface area contributed by atoms with Crippen molar-refractivity contribution in [3.8, 4) is 11.5 Å². The van der Waals surface area contributed by atoms with Crippen molar-refractivity contribution in [2.45, 2.75) is 6.92 Å². The summed E-state index contributed by atoms with van der Waals surface area (Å²) in [6, 6.07) is 1.00. The van der Waals surface area contributed by atoms with E-state index in [1.165, 1.54) is 6.92 Å². The third kappa shape index (κ3) is 1.53. The average Bonchev–Trinajstić information content (AvgIpc) is 2.07. The monoisotopic (exact) mass is 202 g/mol. The van der Waals surface area contributed by atoms with Crippen LogP contribution in [0.4, 0.5) is 0 Å². The predicted octanol–water partition coefficient (Wildman–Crippen LogP) is 1.76. The molecule has 3 N–H and O–H groups in total. The Kier molecular flexibility index (Phi) is 2.34. The molecule has 0 aliphatic heterocycles. The molecule has 0 fully saturated rings. The van der Waals surface area contributed by atoms with Crippen LogP contribution in [-0.4, -0.2) is 21.3 Å². The van der Waals surface area contributed by atoms with E-state index in [1.54, 1.807) is 0 Å². The molecule has 0 amide bonds. The van der Waals surface area contributed by atoms with E-state index >= 15 is 0 Å². The van der Waals surface area contributed by atoms with Crippen molar-refractivity contribution < 1.29 is 20.1 Å². The van der Waals surface area contributed by atoms with Crippen LogP contribution < -0.4 is 0 Å². The van der Waals surface area contributed by atoms with E-state index in [0.29, 0.717) is 0 Å². The summed E-state index contributed by atoms with van der Waals surface area (Å²) in [5.74, 6) is -2.05. The number of halogens is 1. The van der Waals surface area contributed by atoms with Gasteiger partial charge in [-0.25, -0.2) is 4.79 Å². The van der Waals surface area contributed by atoms with Crippen LogP contribution in [0.3, 0.4) is 0 Å². The molecular formula is C8H7ClO4. The lowest BCUT2D eigenvalue weighted by atomic mass is 10.1. The first-order chi connectivity index (χ1) is 5.95. The maximum atomic E-state index is 10.5. The molecule has 0 aliphatic carbocycles. The lowest BCUT2D eigenvalue weighted by Gasteiger charge is -2.06. The van der Waals surface area contributed by atoms with Gasteiger partial charge in [0.15, 0.2) is 0 Å². The number of hydrogen-bond donors (Lipinski definition) is 3. The number of aromatic hydroxyl groups is 2. The summed E-state index contributed by atoms with van der Waals surface area (Å²) in [5, 5.41) is 27.0. The molecule has 4 nitrogen and oxygen atoms in total. The van der Waals surface area contributed by atoms with Crippen molar-refractivity contribution in [1.82, 2.24) is 0 Å². The number of phenolic OH excluding ortho intramolecular Hbond substituents is 1. The van der Waals surface area contributed by atoms with Crippen LogP contribution in [0.25, 0.3) is 0 Å². The fourth-order valence-corrected chi connectivity index (χ4v) is 1.17. The van der Waals surface area contributed by atoms with E-state index in [9.17, 15) is 15.0 Å². The molecule has 13 heavy (non-hydrogen) atoms. The van der Waals surface area contributed by atoms with Crippen molar-refractivity contribution in [1.29, 1.82) is 0 Å². The molecule has 0 spiro atoms. The molecule has 0 saturated carbocycles. The van der Waals surface area contributed by atoms with Gasteiger partial charge in [-0.2, -0.15) is 0 Å². The van der Waals surface area contributed by atoms with E-state index < -0.39 is 11.7 Å². The number of carboxylic acid groups (broad SMARTS) is 1. The molecular weight excluding hydrogens is 196 g/mol. The third-order valence-corrected chi connectivity index (χ3v) is 1.98. The summed E-state index contributed by atoms with van der Waals surface area (Å²) in [5.41, 5.74) is -0.259. The highest BCUT2D eigenvalue weighted by Gasteiger charge is 2.17. The fraction of sp³-hybridized carbons (Fsp3) is 0.125. The van der Waals surface area contributed by atoms with Gasteiger partial charge in [0, 0.05) is 5.56 Å².